The predicted octanol–water partition coefficient (Wildman–Crippen LogP) is 4.08. The minimum atomic E-state index is -1.16. The van der Waals surface area contributed by atoms with E-state index in [1.807, 2.05) is 0 Å². The normalized spacial score (nSPS) is 10.1. The fourth-order valence-electron chi connectivity index (χ4n) is 1.39. The van der Waals surface area contributed by atoms with Crippen molar-refractivity contribution >= 4 is 21.9 Å². The maximum atomic E-state index is 13.1. The predicted molar refractivity (Wildman–Crippen MR) is 67.6 cm³/mol. The lowest BCUT2D eigenvalue weighted by atomic mass is 10.2. The third-order valence-electron chi connectivity index (χ3n) is 2.22. The summed E-state index contributed by atoms with van der Waals surface area (Å²) in [7, 11) is 0. The molecule has 0 spiro atoms. The summed E-state index contributed by atoms with van der Waals surface area (Å²) in [6, 6.07) is 10.1. The van der Waals surface area contributed by atoms with Gasteiger partial charge < -0.3 is 9.84 Å². The summed E-state index contributed by atoms with van der Waals surface area (Å²) in [6.07, 6.45) is 0. The minimum Gasteiger partial charge on any atom is -0.478 e. The first-order valence-electron chi connectivity index (χ1n) is 5.02. The Labute approximate surface area is 111 Å². The number of rotatable bonds is 3. The van der Waals surface area contributed by atoms with Gasteiger partial charge in [0.1, 0.15) is 22.9 Å². The van der Waals surface area contributed by atoms with Crippen LogP contribution in [-0.4, -0.2) is 11.1 Å². The molecule has 0 aromatic heterocycles. The Bertz CT molecular complexity index is 581. The second-order valence-electron chi connectivity index (χ2n) is 3.50. The van der Waals surface area contributed by atoms with Crippen LogP contribution in [0.3, 0.4) is 0 Å². The highest BCUT2D eigenvalue weighted by Crippen LogP contribution is 2.27. The summed E-state index contributed by atoms with van der Waals surface area (Å²) in [5.41, 5.74) is -0.0840. The van der Waals surface area contributed by atoms with Crippen LogP contribution in [0.4, 0.5) is 4.39 Å². The van der Waals surface area contributed by atoms with E-state index < -0.39 is 11.8 Å². The van der Waals surface area contributed by atoms with E-state index in [1.165, 1.54) is 6.07 Å². The van der Waals surface area contributed by atoms with Gasteiger partial charge in [-0.3, -0.25) is 0 Å². The van der Waals surface area contributed by atoms with Gasteiger partial charge in [-0.2, -0.15) is 0 Å². The molecule has 18 heavy (non-hydrogen) atoms. The van der Waals surface area contributed by atoms with Gasteiger partial charge >= 0.3 is 5.97 Å². The molecule has 0 fully saturated rings. The number of hydrogen-bond donors (Lipinski definition) is 1. The molecule has 0 aliphatic rings. The number of halogens is 2. The van der Waals surface area contributed by atoms with Gasteiger partial charge in [-0.15, -0.1) is 0 Å². The van der Waals surface area contributed by atoms with Crippen molar-refractivity contribution in [2.45, 2.75) is 0 Å². The molecule has 0 heterocycles. The van der Waals surface area contributed by atoms with Crippen LogP contribution in [0.5, 0.6) is 11.5 Å². The molecule has 0 radical (unpaired) electrons. The molecule has 0 aliphatic carbocycles. The van der Waals surface area contributed by atoms with Gasteiger partial charge in [-0.05, 0) is 36.4 Å². The highest BCUT2D eigenvalue weighted by molar-refractivity contribution is 9.10. The van der Waals surface area contributed by atoms with Crippen LogP contribution in [0, 0.1) is 5.82 Å². The van der Waals surface area contributed by atoms with Crippen LogP contribution >= 0.6 is 15.9 Å². The van der Waals surface area contributed by atoms with Crippen LogP contribution in [0.2, 0.25) is 0 Å². The Morgan fingerprint density at radius 2 is 1.83 bits per heavy atom. The first-order valence-corrected chi connectivity index (χ1v) is 5.82. The number of carbonyl (C=O) groups is 1. The van der Waals surface area contributed by atoms with Crippen molar-refractivity contribution in [3.8, 4) is 11.5 Å². The van der Waals surface area contributed by atoms with Crippen molar-refractivity contribution in [3.63, 3.8) is 0 Å². The summed E-state index contributed by atoms with van der Waals surface area (Å²) in [5, 5.41) is 8.97. The van der Waals surface area contributed by atoms with Crippen LogP contribution in [-0.2, 0) is 0 Å². The molecule has 0 bridgehead atoms. The zero-order valence-corrected chi connectivity index (χ0v) is 10.6. The van der Waals surface area contributed by atoms with E-state index in [0.29, 0.717) is 5.75 Å². The van der Waals surface area contributed by atoms with Crippen molar-refractivity contribution in [1.29, 1.82) is 0 Å². The molecule has 92 valence electrons. The molecular weight excluding hydrogens is 303 g/mol. The molecule has 2 aromatic rings. The van der Waals surface area contributed by atoms with Crippen LogP contribution < -0.4 is 4.74 Å². The number of carboxylic acid groups (broad SMARTS) is 1. The second-order valence-corrected chi connectivity index (χ2v) is 4.42. The van der Waals surface area contributed by atoms with E-state index in [1.54, 1.807) is 24.3 Å². The number of benzene rings is 2. The lowest BCUT2D eigenvalue weighted by molar-refractivity contribution is 0.0694. The average Bonchev–Trinajstić information content (AvgIpc) is 2.32. The van der Waals surface area contributed by atoms with Gasteiger partial charge in [0.25, 0.3) is 0 Å². The zero-order chi connectivity index (χ0) is 13.1. The Hall–Kier alpha value is -1.88. The molecule has 3 nitrogen and oxygen atoms in total. The zero-order valence-electron chi connectivity index (χ0n) is 9.06. The Balaban J connectivity index is 2.35. The second kappa shape index (κ2) is 5.18. The smallest absolute Gasteiger partial charge is 0.339 e. The summed E-state index contributed by atoms with van der Waals surface area (Å²) in [5.74, 6) is -1.30. The molecule has 0 amide bonds. The molecule has 5 heteroatoms. The van der Waals surface area contributed by atoms with E-state index in [9.17, 15) is 9.18 Å². The van der Waals surface area contributed by atoms with Gasteiger partial charge in [0.2, 0.25) is 0 Å². The van der Waals surface area contributed by atoms with Crippen molar-refractivity contribution in [3.05, 3.63) is 58.3 Å². The molecular formula is C13H8BrFO3. The SMILES string of the molecule is O=C(O)c1ccc(F)cc1Oc1ccc(Br)cc1. The maximum absolute atomic E-state index is 13.1. The van der Waals surface area contributed by atoms with E-state index in [4.69, 9.17) is 9.84 Å². The van der Waals surface area contributed by atoms with Gasteiger partial charge in [0.15, 0.2) is 0 Å². The van der Waals surface area contributed by atoms with Crippen molar-refractivity contribution in [2.24, 2.45) is 0 Å². The summed E-state index contributed by atoms with van der Waals surface area (Å²) >= 11 is 3.27. The summed E-state index contributed by atoms with van der Waals surface area (Å²) < 4.78 is 19.3. The van der Waals surface area contributed by atoms with E-state index >= 15 is 0 Å². The molecule has 0 unspecified atom stereocenters. The number of ether oxygens (including phenoxy) is 1. The highest BCUT2D eigenvalue weighted by atomic mass is 79.9. The standard InChI is InChI=1S/C13H8BrFO3/c14-8-1-4-10(5-2-8)18-12-7-9(15)3-6-11(12)13(16)17/h1-7H,(H,16,17). The first-order chi connectivity index (χ1) is 8.56. The quantitative estimate of drug-likeness (QED) is 0.929. The van der Waals surface area contributed by atoms with Crippen molar-refractivity contribution in [2.75, 3.05) is 0 Å². The number of hydrogen-bond acceptors (Lipinski definition) is 2. The largest absolute Gasteiger partial charge is 0.478 e. The fraction of sp³-hybridized carbons (Fsp3) is 0. The van der Waals surface area contributed by atoms with Gasteiger partial charge in [-0.1, -0.05) is 15.9 Å². The topological polar surface area (TPSA) is 46.5 Å². The third-order valence-corrected chi connectivity index (χ3v) is 2.74. The summed E-state index contributed by atoms with van der Waals surface area (Å²) in [4.78, 5) is 11.0. The molecule has 1 N–H and O–H groups in total. The van der Waals surface area contributed by atoms with E-state index in [-0.39, 0.29) is 11.3 Å². The molecule has 0 saturated heterocycles. The highest BCUT2D eigenvalue weighted by Gasteiger charge is 2.13. The van der Waals surface area contributed by atoms with Gasteiger partial charge in [0, 0.05) is 10.5 Å². The van der Waals surface area contributed by atoms with Crippen LogP contribution in [0.25, 0.3) is 0 Å². The Kier molecular flexibility index (Phi) is 3.62. The fourth-order valence-corrected chi connectivity index (χ4v) is 1.65. The van der Waals surface area contributed by atoms with Crippen LogP contribution in [0.15, 0.2) is 46.9 Å². The maximum Gasteiger partial charge on any atom is 0.339 e. The Morgan fingerprint density at radius 3 is 2.44 bits per heavy atom. The molecule has 0 aliphatic heterocycles. The Morgan fingerprint density at radius 1 is 1.17 bits per heavy atom. The molecule has 2 aromatic carbocycles. The molecule has 0 saturated carbocycles. The molecule has 2 rings (SSSR count). The lowest BCUT2D eigenvalue weighted by Gasteiger charge is -2.08. The van der Waals surface area contributed by atoms with E-state index in [0.717, 1.165) is 16.6 Å². The number of aromatic carboxylic acids is 1. The van der Waals surface area contributed by atoms with Crippen molar-refractivity contribution < 1.29 is 19.0 Å². The van der Waals surface area contributed by atoms with Gasteiger partial charge in [-0.25, -0.2) is 9.18 Å². The summed E-state index contributed by atoms with van der Waals surface area (Å²) in [6.45, 7) is 0. The molecule has 0 atom stereocenters. The van der Waals surface area contributed by atoms with E-state index in [2.05, 4.69) is 15.9 Å². The van der Waals surface area contributed by atoms with Crippen LogP contribution in [0.1, 0.15) is 10.4 Å². The minimum absolute atomic E-state index is 0.0233. The monoisotopic (exact) mass is 310 g/mol. The third kappa shape index (κ3) is 2.87. The lowest BCUT2D eigenvalue weighted by Crippen LogP contribution is -2.00. The van der Waals surface area contributed by atoms with Crippen molar-refractivity contribution in [1.82, 2.24) is 0 Å². The first kappa shape index (κ1) is 12.6. The van der Waals surface area contributed by atoms with Gasteiger partial charge in [0.05, 0.1) is 0 Å². The number of carboxylic acids is 1. The average molecular weight is 311 g/mol.